The third-order valence-electron chi connectivity index (χ3n) is 2.42. The highest BCUT2D eigenvalue weighted by Crippen LogP contribution is 2.20. The second-order valence-corrected chi connectivity index (χ2v) is 3.95. The second-order valence-electron chi connectivity index (χ2n) is 3.95. The number of aliphatic hydroxyl groups is 1. The van der Waals surface area contributed by atoms with Gasteiger partial charge in [0, 0.05) is 6.42 Å². The first-order valence-corrected chi connectivity index (χ1v) is 5.83. The standard InChI is InChI=1S/C13H16F2O3/c1-2-7-18-13(17)6-5-12(16)9-3-4-10(14)11(15)8-9/h3-4,8,12,16H,2,5-7H2,1H3. The summed E-state index contributed by atoms with van der Waals surface area (Å²) in [4.78, 5) is 11.2. The van der Waals surface area contributed by atoms with Crippen LogP contribution >= 0.6 is 0 Å². The summed E-state index contributed by atoms with van der Waals surface area (Å²) in [7, 11) is 0. The minimum absolute atomic E-state index is 0.0418. The van der Waals surface area contributed by atoms with Crippen molar-refractivity contribution < 1.29 is 23.4 Å². The lowest BCUT2D eigenvalue weighted by Crippen LogP contribution is -2.08. The summed E-state index contributed by atoms with van der Waals surface area (Å²) < 4.78 is 30.4. The highest BCUT2D eigenvalue weighted by atomic mass is 19.2. The Morgan fingerprint density at radius 1 is 1.39 bits per heavy atom. The Labute approximate surface area is 104 Å². The Balaban J connectivity index is 2.47. The van der Waals surface area contributed by atoms with Crippen molar-refractivity contribution in [2.24, 2.45) is 0 Å². The van der Waals surface area contributed by atoms with E-state index in [1.54, 1.807) is 0 Å². The molecule has 18 heavy (non-hydrogen) atoms. The maximum absolute atomic E-state index is 12.9. The molecular formula is C13H16F2O3. The average Bonchev–Trinajstić information content (AvgIpc) is 2.36. The van der Waals surface area contributed by atoms with Gasteiger partial charge in [-0.05, 0) is 30.5 Å². The van der Waals surface area contributed by atoms with Gasteiger partial charge >= 0.3 is 5.97 Å². The molecule has 0 spiro atoms. The lowest BCUT2D eigenvalue weighted by atomic mass is 10.0. The van der Waals surface area contributed by atoms with Crippen molar-refractivity contribution in [1.82, 2.24) is 0 Å². The molecule has 1 aromatic carbocycles. The summed E-state index contributed by atoms with van der Waals surface area (Å²) in [6.45, 7) is 2.23. The van der Waals surface area contributed by atoms with E-state index in [4.69, 9.17) is 4.74 Å². The molecular weight excluding hydrogens is 242 g/mol. The molecule has 0 saturated heterocycles. The van der Waals surface area contributed by atoms with E-state index >= 15 is 0 Å². The van der Waals surface area contributed by atoms with Gasteiger partial charge in [0.15, 0.2) is 11.6 Å². The SMILES string of the molecule is CCCOC(=O)CCC(O)c1ccc(F)c(F)c1. The highest BCUT2D eigenvalue weighted by molar-refractivity contribution is 5.69. The van der Waals surface area contributed by atoms with Crippen LogP contribution in [0.25, 0.3) is 0 Å². The highest BCUT2D eigenvalue weighted by Gasteiger charge is 2.13. The van der Waals surface area contributed by atoms with E-state index in [9.17, 15) is 18.7 Å². The van der Waals surface area contributed by atoms with E-state index in [0.717, 1.165) is 18.6 Å². The average molecular weight is 258 g/mol. The van der Waals surface area contributed by atoms with E-state index in [-0.39, 0.29) is 18.4 Å². The zero-order chi connectivity index (χ0) is 13.5. The molecule has 0 aliphatic carbocycles. The zero-order valence-electron chi connectivity index (χ0n) is 10.2. The van der Waals surface area contributed by atoms with Crippen LogP contribution in [0.3, 0.4) is 0 Å². The third-order valence-corrected chi connectivity index (χ3v) is 2.42. The van der Waals surface area contributed by atoms with Crippen LogP contribution in [0, 0.1) is 11.6 Å². The summed E-state index contributed by atoms with van der Waals surface area (Å²) in [5.74, 6) is -2.38. The fourth-order valence-electron chi connectivity index (χ4n) is 1.43. The molecule has 1 rings (SSSR count). The molecule has 0 radical (unpaired) electrons. The first-order valence-electron chi connectivity index (χ1n) is 5.83. The molecule has 1 aromatic rings. The van der Waals surface area contributed by atoms with Crippen LogP contribution in [0.1, 0.15) is 37.9 Å². The Hall–Kier alpha value is -1.49. The van der Waals surface area contributed by atoms with Gasteiger partial charge in [-0.1, -0.05) is 13.0 Å². The zero-order valence-corrected chi connectivity index (χ0v) is 10.2. The number of carbonyl (C=O) groups excluding carboxylic acids is 1. The maximum Gasteiger partial charge on any atom is 0.305 e. The second kappa shape index (κ2) is 7.06. The minimum Gasteiger partial charge on any atom is -0.466 e. The van der Waals surface area contributed by atoms with Gasteiger partial charge in [-0.2, -0.15) is 0 Å². The van der Waals surface area contributed by atoms with E-state index in [1.165, 1.54) is 6.07 Å². The lowest BCUT2D eigenvalue weighted by molar-refractivity contribution is -0.144. The number of hydrogen-bond donors (Lipinski definition) is 1. The molecule has 0 amide bonds. The van der Waals surface area contributed by atoms with Gasteiger partial charge in [0.25, 0.3) is 0 Å². The van der Waals surface area contributed by atoms with Crippen molar-refractivity contribution in [3.63, 3.8) is 0 Å². The number of rotatable bonds is 6. The van der Waals surface area contributed by atoms with Crippen LogP contribution in [-0.4, -0.2) is 17.7 Å². The van der Waals surface area contributed by atoms with Crippen LogP contribution in [0.2, 0.25) is 0 Å². The van der Waals surface area contributed by atoms with Crippen molar-refractivity contribution in [1.29, 1.82) is 0 Å². The van der Waals surface area contributed by atoms with Crippen LogP contribution < -0.4 is 0 Å². The summed E-state index contributed by atoms with van der Waals surface area (Å²) >= 11 is 0. The molecule has 1 unspecified atom stereocenters. The molecule has 1 atom stereocenters. The van der Waals surface area contributed by atoms with Gasteiger partial charge in [0.2, 0.25) is 0 Å². The van der Waals surface area contributed by atoms with Gasteiger partial charge in [-0.3, -0.25) is 4.79 Å². The Kier molecular flexibility index (Phi) is 5.71. The number of hydrogen-bond acceptors (Lipinski definition) is 3. The monoisotopic (exact) mass is 258 g/mol. The molecule has 0 aromatic heterocycles. The van der Waals surface area contributed by atoms with Crippen LogP contribution in [0.15, 0.2) is 18.2 Å². The predicted molar refractivity (Wildman–Crippen MR) is 61.8 cm³/mol. The van der Waals surface area contributed by atoms with Crippen LogP contribution in [0.4, 0.5) is 8.78 Å². The number of aliphatic hydroxyl groups excluding tert-OH is 1. The first-order chi connectivity index (χ1) is 8.54. The summed E-state index contributed by atoms with van der Waals surface area (Å²) in [5, 5.41) is 9.71. The minimum atomic E-state index is -1.01. The Morgan fingerprint density at radius 3 is 2.72 bits per heavy atom. The third kappa shape index (κ3) is 4.41. The molecule has 0 aliphatic rings. The van der Waals surface area contributed by atoms with Crippen molar-refractivity contribution in [2.75, 3.05) is 6.61 Å². The molecule has 0 aliphatic heterocycles. The molecule has 1 N–H and O–H groups in total. The van der Waals surface area contributed by atoms with Gasteiger partial charge in [0.1, 0.15) is 0 Å². The van der Waals surface area contributed by atoms with Gasteiger partial charge in [0.05, 0.1) is 12.7 Å². The lowest BCUT2D eigenvalue weighted by Gasteiger charge is -2.10. The summed E-state index contributed by atoms with van der Waals surface area (Å²) in [6, 6.07) is 3.17. The smallest absolute Gasteiger partial charge is 0.305 e. The molecule has 100 valence electrons. The van der Waals surface area contributed by atoms with Gasteiger partial charge in [-0.15, -0.1) is 0 Å². The summed E-state index contributed by atoms with van der Waals surface area (Å²) in [6.07, 6.45) is -0.111. The Bertz CT molecular complexity index is 407. The van der Waals surface area contributed by atoms with Crippen molar-refractivity contribution in [2.45, 2.75) is 32.3 Å². The maximum atomic E-state index is 12.9. The molecule has 0 heterocycles. The fraction of sp³-hybridized carbons (Fsp3) is 0.462. The van der Waals surface area contributed by atoms with E-state index in [0.29, 0.717) is 6.61 Å². The fourth-order valence-corrected chi connectivity index (χ4v) is 1.43. The number of esters is 1. The summed E-state index contributed by atoms with van der Waals surface area (Å²) in [5.41, 5.74) is 0.247. The number of carbonyl (C=O) groups is 1. The molecule has 0 bridgehead atoms. The van der Waals surface area contributed by atoms with Crippen molar-refractivity contribution in [3.8, 4) is 0 Å². The molecule has 0 saturated carbocycles. The van der Waals surface area contributed by atoms with Gasteiger partial charge in [-0.25, -0.2) is 8.78 Å². The first kappa shape index (κ1) is 14.6. The van der Waals surface area contributed by atoms with E-state index < -0.39 is 23.7 Å². The van der Waals surface area contributed by atoms with Crippen LogP contribution in [0.5, 0.6) is 0 Å². The predicted octanol–water partition coefficient (Wildman–Crippen LogP) is 2.73. The Morgan fingerprint density at radius 2 is 2.11 bits per heavy atom. The van der Waals surface area contributed by atoms with Crippen LogP contribution in [-0.2, 0) is 9.53 Å². The van der Waals surface area contributed by atoms with E-state index in [2.05, 4.69) is 0 Å². The molecule has 0 fully saturated rings. The normalized spacial score (nSPS) is 12.2. The largest absolute Gasteiger partial charge is 0.466 e. The molecule has 5 heteroatoms. The number of halogens is 2. The quantitative estimate of drug-likeness (QED) is 0.798. The van der Waals surface area contributed by atoms with Gasteiger partial charge < -0.3 is 9.84 Å². The van der Waals surface area contributed by atoms with Crippen molar-refractivity contribution >= 4 is 5.97 Å². The topological polar surface area (TPSA) is 46.5 Å². The molecule has 3 nitrogen and oxygen atoms in total. The number of benzene rings is 1. The van der Waals surface area contributed by atoms with E-state index in [1.807, 2.05) is 6.92 Å². The van der Waals surface area contributed by atoms with Crippen molar-refractivity contribution in [3.05, 3.63) is 35.4 Å². The number of ether oxygens (including phenoxy) is 1.